The van der Waals surface area contributed by atoms with Crippen molar-refractivity contribution in [1.82, 2.24) is 4.90 Å². The first-order chi connectivity index (χ1) is 11.6. The van der Waals surface area contributed by atoms with Crippen molar-refractivity contribution in [3.8, 4) is 0 Å². The Bertz CT molecular complexity index is 748. The largest absolute Gasteiger partial charge is 0.459 e. The lowest BCUT2D eigenvalue weighted by Crippen LogP contribution is -2.41. The first kappa shape index (κ1) is 17.3. The predicted octanol–water partition coefficient (Wildman–Crippen LogP) is 4.40. The number of rotatable bonds is 4. The van der Waals surface area contributed by atoms with E-state index >= 15 is 0 Å². The van der Waals surface area contributed by atoms with E-state index in [1.807, 2.05) is 11.4 Å². The van der Waals surface area contributed by atoms with Crippen LogP contribution >= 0.6 is 34.5 Å². The SMILES string of the molecule is O=C(OCc1ccc(Cl)cc1Cl)C1CCCN1C(=O)c1cccs1. The smallest absolute Gasteiger partial charge is 0.329 e. The molecule has 1 saturated heterocycles. The molecule has 1 unspecified atom stereocenters. The Kier molecular flexibility index (Phi) is 5.43. The average Bonchev–Trinajstić information content (AvgIpc) is 3.24. The van der Waals surface area contributed by atoms with Crippen LogP contribution in [-0.2, 0) is 16.1 Å². The van der Waals surface area contributed by atoms with E-state index in [4.69, 9.17) is 27.9 Å². The van der Waals surface area contributed by atoms with Crippen molar-refractivity contribution in [3.63, 3.8) is 0 Å². The van der Waals surface area contributed by atoms with Crippen LogP contribution in [0.3, 0.4) is 0 Å². The molecule has 3 rings (SSSR count). The molecule has 1 aromatic heterocycles. The van der Waals surface area contributed by atoms with Gasteiger partial charge in [0.1, 0.15) is 12.6 Å². The zero-order chi connectivity index (χ0) is 17.1. The first-order valence-corrected chi connectivity index (χ1v) is 9.15. The lowest BCUT2D eigenvalue weighted by molar-refractivity contribution is -0.149. The molecule has 1 aliphatic heterocycles. The van der Waals surface area contributed by atoms with Crippen LogP contribution in [0.1, 0.15) is 28.1 Å². The number of hydrogen-bond donors (Lipinski definition) is 0. The summed E-state index contributed by atoms with van der Waals surface area (Å²) in [7, 11) is 0. The second-order valence-electron chi connectivity index (χ2n) is 5.48. The highest BCUT2D eigenvalue weighted by Crippen LogP contribution is 2.25. The zero-order valence-corrected chi connectivity index (χ0v) is 15.0. The van der Waals surface area contributed by atoms with Gasteiger partial charge in [0, 0.05) is 22.2 Å². The summed E-state index contributed by atoms with van der Waals surface area (Å²) >= 11 is 13.3. The highest BCUT2D eigenvalue weighted by molar-refractivity contribution is 7.12. The molecule has 7 heteroatoms. The maximum Gasteiger partial charge on any atom is 0.329 e. The molecule has 126 valence electrons. The van der Waals surface area contributed by atoms with Gasteiger partial charge >= 0.3 is 5.97 Å². The maximum atomic E-state index is 12.5. The van der Waals surface area contributed by atoms with E-state index in [0.29, 0.717) is 33.5 Å². The number of halogens is 2. The fraction of sp³-hybridized carbons (Fsp3) is 0.294. The van der Waals surface area contributed by atoms with Crippen LogP contribution in [0.5, 0.6) is 0 Å². The average molecular weight is 384 g/mol. The van der Waals surface area contributed by atoms with Crippen molar-refractivity contribution in [1.29, 1.82) is 0 Å². The fourth-order valence-electron chi connectivity index (χ4n) is 2.68. The van der Waals surface area contributed by atoms with Gasteiger partial charge in [0.05, 0.1) is 4.88 Å². The highest BCUT2D eigenvalue weighted by atomic mass is 35.5. The summed E-state index contributed by atoms with van der Waals surface area (Å²) < 4.78 is 5.37. The minimum atomic E-state index is -0.536. The van der Waals surface area contributed by atoms with Gasteiger partial charge in [-0.05, 0) is 36.4 Å². The normalized spacial score (nSPS) is 17.1. The van der Waals surface area contributed by atoms with Crippen LogP contribution in [-0.4, -0.2) is 29.4 Å². The summed E-state index contributed by atoms with van der Waals surface area (Å²) in [5, 5.41) is 2.82. The van der Waals surface area contributed by atoms with E-state index in [2.05, 4.69) is 0 Å². The summed E-state index contributed by atoms with van der Waals surface area (Å²) in [6.07, 6.45) is 1.41. The first-order valence-electron chi connectivity index (χ1n) is 7.51. The monoisotopic (exact) mass is 383 g/mol. The Labute approximate surface area is 153 Å². The molecular weight excluding hydrogens is 369 g/mol. The number of nitrogens with zero attached hydrogens (tertiary/aromatic N) is 1. The lowest BCUT2D eigenvalue weighted by atomic mass is 10.2. The number of benzene rings is 1. The van der Waals surface area contributed by atoms with Crippen LogP contribution in [0.15, 0.2) is 35.7 Å². The molecule has 1 amide bonds. The van der Waals surface area contributed by atoms with E-state index in [9.17, 15) is 9.59 Å². The van der Waals surface area contributed by atoms with Crippen LogP contribution < -0.4 is 0 Å². The molecule has 2 heterocycles. The standard InChI is InChI=1S/C17H15Cl2NO3S/c18-12-6-5-11(13(19)9-12)10-23-17(22)14-3-1-7-20(14)16(21)15-4-2-8-24-15/h2,4-6,8-9,14H,1,3,7,10H2. The van der Waals surface area contributed by atoms with Gasteiger partial charge in [-0.15, -0.1) is 11.3 Å². The molecule has 0 saturated carbocycles. The van der Waals surface area contributed by atoms with E-state index in [1.54, 1.807) is 29.2 Å². The topological polar surface area (TPSA) is 46.6 Å². The fourth-order valence-corrected chi connectivity index (χ4v) is 3.82. The predicted molar refractivity (Wildman–Crippen MR) is 94.6 cm³/mol. The third kappa shape index (κ3) is 3.74. The molecule has 0 bridgehead atoms. The van der Waals surface area contributed by atoms with Crippen molar-refractivity contribution >= 4 is 46.4 Å². The molecular formula is C17H15Cl2NO3S. The minimum absolute atomic E-state index is 0.0619. The van der Waals surface area contributed by atoms with E-state index < -0.39 is 12.0 Å². The van der Waals surface area contributed by atoms with Crippen LogP contribution in [0, 0.1) is 0 Å². The van der Waals surface area contributed by atoms with Gasteiger partial charge in [-0.2, -0.15) is 0 Å². The maximum absolute atomic E-state index is 12.5. The summed E-state index contributed by atoms with van der Waals surface area (Å²) in [5.41, 5.74) is 0.684. The van der Waals surface area contributed by atoms with Crippen molar-refractivity contribution in [2.45, 2.75) is 25.5 Å². The Morgan fingerprint density at radius 3 is 2.83 bits per heavy atom. The zero-order valence-electron chi connectivity index (χ0n) is 12.7. The van der Waals surface area contributed by atoms with Gasteiger partial charge in [0.25, 0.3) is 5.91 Å². The summed E-state index contributed by atoms with van der Waals surface area (Å²) in [4.78, 5) is 27.1. The van der Waals surface area contributed by atoms with Crippen LogP contribution in [0.4, 0.5) is 0 Å². The van der Waals surface area contributed by atoms with Crippen molar-refractivity contribution in [2.24, 2.45) is 0 Å². The lowest BCUT2D eigenvalue weighted by Gasteiger charge is -2.22. The number of carbonyl (C=O) groups excluding carboxylic acids is 2. The molecule has 4 nitrogen and oxygen atoms in total. The molecule has 1 atom stereocenters. The number of amides is 1. The van der Waals surface area contributed by atoms with Crippen LogP contribution in [0.25, 0.3) is 0 Å². The molecule has 0 radical (unpaired) electrons. The Hall–Kier alpha value is -1.56. The Morgan fingerprint density at radius 1 is 1.29 bits per heavy atom. The summed E-state index contributed by atoms with van der Waals surface area (Å²) in [5.74, 6) is -0.516. The summed E-state index contributed by atoms with van der Waals surface area (Å²) in [6.45, 7) is 0.630. The van der Waals surface area contributed by atoms with Gasteiger partial charge < -0.3 is 9.64 Å². The number of ether oxygens (including phenoxy) is 1. The number of thiophene rings is 1. The van der Waals surface area contributed by atoms with E-state index in [0.717, 1.165) is 6.42 Å². The third-order valence-electron chi connectivity index (χ3n) is 3.90. The minimum Gasteiger partial charge on any atom is -0.459 e. The number of esters is 1. The number of carbonyl (C=O) groups is 2. The molecule has 0 aliphatic carbocycles. The van der Waals surface area contributed by atoms with Gasteiger partial charge in [0.15, 0.2) is 0 Å². The van der Waals surface area contributed by atoms with Crippen LogP contribution in [0.2, 0.25) is 10.0 Å². The molecule has 1 fully saturated rings. The van der Waals surface area contributed by atoms with E-state index in [1.165, 1.54) is 11.3 Å². The molecule has 2 aromatic rings. The quantitative estimate of drug-likeness (QED) is 0.734. The van der Waals surface area contributed by atoms with Crippen molar-refractivity contribution in [2.75, 3.05) is 6.54 Å². The number of hydrogen-bond acceptors (Lipinski definition) is 4. The molecule has 24 heavy (non-hydrogen) atoms. The molecule has 0 N–H and O–H groups in total. The van der Waals surface area contributed by atoms with E-state index in [-0.39, 0.29) is 12.5 Å². The van der Waals surface area contributed by atoms with Crippen molar-refractivity contribution < 1.29 is 14.3 Å². The third-order valence-corrected chi connectivity index (χ3v) is 5.35. The van der Waals surface area contributed by atoms with Gasteiger partial charge in [0.2, 0.25) is 0 Å². The van der Waals surface area contributed by atoms with Gasteiger partial charge in [-0.1, -0.05) is 35.3 Å². The number of likely N-dealkylation sites (tertiary alicyclic amines) is 1. The second-order valence-corrected chi connectivity index (χ2v) is 7.27. The highest BCUT2D eigenvalue weighted by Gasteiger charge is 2.36. The Morgan fingerprint density at radius 2 is 2.12 bits per heavy atom. The molecule has 0 spiro atoms. The summed E-state index contributed by atoms with van der Waals surface area (Å²) in [6, 6.07) is 8.07. The second kappa shape index (κ2) is 7.55. The van der Waals surface area contributed by atoms with Gasteiger partial charge in [-0.25, -0.2) is 4.79 Å². The Balaban J connectivity index is 1.64. The van der Waals surface area contributed by atoms with Crippen molar-refractivity contribution in [3.05, 3.63) is 56.2 Å². The van der Waals surface area contributed by atoms with Gasteiger partial charge in [-0.3, -0.25) is 4.79 Å². The molecule has 1 aliphatic rings. The molecule has 1 aromatic carbocycles.